The summed E-state index contributed by atoms with van der Waals surface area (Å²) in [6.45, 7) is 7.20. The Bertz CT molecular complexity index is 846. The molecular formula is C21H27ClFN3O2. The molecule has 2 heterocycles. The SMILES string of the molecule is Cc1nn(C(C)CC(=O)NCC2(c3ccccc3F)CCOCC2)c(C)c1Cl. The summed E-state index contributed by atoms with van der Waals surface area (Å²) < 4.78 is 21.8. The van der Waals surface area contributed by atoms with Crippen molar-refractivity contribution in [3.63, 3.8) is 0 Å². The van der Waals surface area contributed by atoms with Crippen molar-refractivity contribution in [1.29, 1.82) is 0 Å². The van der Waals surface area contributed by atoms with E-state index in [1.807, 2.05) is 32.9 Å². The standard InChI is InChI=1S/C21H27ClFN3O2/c1-14(26-16(3)20(22)15(2)25-26)12-19(27)24-13-21(8-10-28-11-9-21)17-6-4-5-7-18(17)23/h4-7,14H,8-13H2,1-3H3,(H,24,27). The Hall–Kier alpha value is -1.92. The van der Waals surface area contributed by atoms with Crippen molar-refractivity contribution in [1.82, 2.24) is 15.1 Å². The molecule has 5 nitrogen and oxygen atoms in total. The number of halogens is 2. The molecule has 1 amide bonds. The zero-order valence-corrected chi connectivity index (χ0v) is 17.4. The summed E-state index contributed by atoms with van der Waals surface area (Å²) >= 11 is 6.21. The number of carbonyl (C=O) groups excluding carboxylic acids is 1. The highest BCUT2D eigenvalue weighted by Gasteiger charge is 2.37. The molecule has 2 aromatic rings. The van der Waals surface area contributed by atoms with Gasteiger partial charge in [0, 0.05) is 31.6 Å². The number of nitrogens with zero attached hydrogens (tertiary/aromatic N) is 2. The van der Waals surface area contributed by atoms with Gasteiger partial charge in [0.15, 0.2) is 0 Å². The molecule has 1 aliphatic rings. The minimum atomic E-state index is -0.440. The Kier molecular flexibility index (Phi) is 6.40. The first-order chi connectivity index (χ1) is 13.3. The van der Waals surface area contributed by atoms with E-state index in [1.165, 1.54) is 6.07 Å². The van der Waals surface area contributed by atoms with Gasteiger partial charge >= 0.3 is 0 Å². The second kappa shape index (κ2) is 8.62. The first kappa shape index (κ1) is 20.8. The molecular weight excluding hydrogens is 381 g/mol. The maximum Gasteiger partial charge on any atom is 0.222 e. The van der Waals surface area contributed by atoms with E-state index in [4.69, 9.17) is 16.3 Å². The van der Waals surface area contributed by atoms with Gasteiger partial charge in [-0.3, -0.25) is 9.48 Å². The molecule has 1 atom stereocenters. The molecule has 0 bridgehead atoms. The molecule has 0 spiro atoms. The Labute approximate surface area is 170 Å². The summed E-state index contributed by atoms with van der Waals surface area (Å²) in [5.74, 6) is -0.317. The molecule has 152 valence electrons. The van der Waals surface area contributed by atoms with Crippen molar-refractivity contribution >= 4 is 17.5 Å². The molecule has 1 saturated heterocycles. The van der Waals surface area contributed by atoms with E-state index in [9.17, 15) is 9.18 Å². The minimum Gasteiger partial charge on any atom is -0.381 e. The predicted molar refractivity (Wildman–Crippen MR) is 107 cm³/mol. The normalized spacial score (nSPS) is 17.3. The molecule has 0 saturated carbocycles. The molecule has 1 fully saturated rings. The second-order valence-corrected chi connectivity index (χ2v) is 8.01. The molecule has 3 rings (SSSR count). The molecule has 1 N–H and O–H groups in total. The van der Waals surface area contributed by atoms with Crippen molar-refractivity contribution < 1.29 is 13.9 Å². The second-order valence-electron chi connectivity index (χ2n) is 7.63. The topological polar surface area (TPSA) is 56.2 Å². The Morgan fingerprint density at radius 1 is 1.36 bits per heavy atom. The van der Waals surface area contributed by atoms with Gasteiger partial charge in [0.2, 0.25) is 5.91 Å². The summed E-state index contributed by atoms with van der Waals surface area (Å²) in [4.78, 5) is 12.6. The van der Waals surface area contributed by atoms with E-state index < -0.39 is 5.41 Å². The quantitative estimate of drug-likeness (QED) is 0.784. The van der Waals surface area contributed by atoms with Gasteiger partial charge in [0.05, 0.1) is 22.5 Å². The van der Waals surface area contributed by atoms with Crippen LogP contribution < -0.4 is 5.32 Å². The van der Waals surface area contributed by atoms with Crippen LogP contribution in [-0.2, 0) is 14.9 Å². The van der Waals surface area contributed by atoms with Crippen molar-refractivity contribution in [2.45, 2.75) is 51.5 Å². The number of carbonyl (C=O) groups is 1. The van der Waals surface area contributed by atoms with Crippen LogP contribution in [0, 0.1) is 19.7 Å². The number of benzene rings is 1. The van der Waals surface area contributed by atoms with Crippen molar-refractivity contribution in [2.75, 3.05) is 19.8 Å². The van der Waals surface area contributed by atoms with Crippen LogP contribution in [0.2, 0.25) is 5.02 Å². The Morgan fingerprint density at radius 3 is 2.64 bits per heavy atom. The summed E-state index contributed by atoms with van der Waals surface area (Å²) in [5, 5.41) is 8.08. The third kappa shape index (κ3) is 4.23. The highest BCUT2D eigenvalue weighted by atomic mass is 35.5. The number of ether oxygens (including phenoxy) is 1. The van der Waals surface area contributed by atoms with E-state index in [0.717, 1.165) is 11.4 Å². The van der Waals surface area contributed by atoms with Gasteiger partial charge in [-0.25, -0.2) is 4.39 Å². The van der Waals surface area contributed by atoms with Crippen LogP contribution in [0.15, 0.2) is 24.3 Å². The molecule has 0 radical (unpaired) electrons. The summed E-state index contributed by atoms with van der Waals surface area (Å²) in [6.07, 6.45) is 1.63. The summed E-state index contributed by atoms with van der Waals surface area (Å²) in [6, 6.07) is 6.69. The van der Waals surface area contributed by atoms with E-state index >= 15 is 0 Å². The first-order valence-electron chi connectivity index (χ1n) is 9.65. The molecule has 7 heteroatoms. The number of hydrogen-bond donors (Lipinski definition) is 1. The van der Waals surface area contributed by atoms with E-state index in [-0.39, 0.29) is 24.2 Å². The smallest absolute Gasteiger partial charge is 0.222 e. The van der Waals surface area contributed by atoms with Crippen LogP contribution in [0.25, 0.3) is 0 Å². The van der Waals surface area contributed by atoms with E-state index in [0.29, 0.717) is 43.2 Å². The Balaban J connectivity index is 1.69. The molecule has 1 aromatic carbocycles. The zero-order chi connectivity index (χ0) is 20.3. The van der Waals surface area contributed by atoms with Crippen LogP contribution in [0.3, 0.4) is 0 Å². The highest BCUT2D eigenvalue weighted by molar-refractivity contribution is 6.31. The van der Waals surface area contributed by atoms with Crippen LogP contribution in [0.4, 0.5) is 4.39 Å². The molecule has 0 aliphatic carbocycles. The molecule has 1 aromatic heterocycles. The maximum absolute atomic E-state index is 14.5. The van der Waals surface area contributed by atoms with Gasteiger partial charge in [-0.15, -0.1) is 0 Å². The molecule has 1 aliphatic heterocycles. The van der Waals surface area contributed by atoms with Crippen LogP contribution in [0.5, 0.6) is 0 Å². The van der Waals surface area contributed by atoms with Gasteiger partial charge in [0.1, 0.15) is 5.82 Å². The lowest BCUT2D eigenvalue weighted by Crippen LogP contribution is -2.45. The van der Waals surface area contributed by atoms with Crippen molar-refractivity contribution in [2.24, 2.45) is 0 Å². The first-order valence-corrected chi connectivity index (χ1v) is 10.0. The summed E-state index contributed by atoms with van der Waals surface area (Å²) in [5.41, 5.74) is 1.82. The number of aryl methyl sites for hydroxylation is 1. The molecule has 28 heavy (non-hydrogen) atoms. The lowest BCUT2D eigenvalue weighted by Gasteiger charge is -2.38. The fraction of sp³-hybridized carbons (Fsp3) is 0.524. The number of hydrogen-bond acceptors (Lipinski definition) is 3. The van der Waals surface area contributed by atoms with Gasteiger partial charge in [-0.1, -0.05) is 29.8 Å². The highest BCUT2D eigenvalue weighted by Crippen LogP contribution is 2.36. The van der Waals surface area contributed by atoms with Crippen molar-refractivity contribution in [3.05, 3.63) is 52.1 Å². The number of aromatic nitrogens is 2. The fourth-order valence-electron chi connectivity index (χ4n) is 3.96. The lowest BCUT2D eigenvalue weighted by molar-refractivity contribution is -0.122. The number of nitrogens with one attached hydrogen (secondary N) is 1. The van der Waals surface area contributed by atoms with Gasteiger partial charge < -0.3 is 10.1 Å². The van der Waals surface area contributed by atoms with E-state index in [2.05, 4.69) is 10.4 Å². The lowest BCUT2D eigenvalue weighted by atomic mass is 9.74. The third-order valence-corrected chi connectivity index (χ3v) is 6.20. The van der Waals surface area contributed by atoms with Gasteiger partial charge in [0.25, 0.3) is 0 Å². The number of amides is 1. The van der Waals surface area contributed by atoms with Crippen molar-refractivity contribution in [3.8, 4) is 0 Å². The summed E-state index contributed by atoms with van der Waals surface area (Å²) in [7, 11) is 0. The Morgan fingerprint density at radius 2 is 2.04 bits per heavy atom. The van der Waals surface area contributed by atoms with Gasteiger partial charge in [-0.05, 0) is 45.2 Å². The van der Waals surface area contributed by atoms with Crippen LogP contribution >= 0.6 is 11.6 Å². The minimum absolute atomic E-state index is 0.0848. The third-order valence-electron chi connectivity index (χ3n) is 5.65. The van der Waals surface area contributed by atoms with E-state index in [1.54, 1.807) is 10.7 Å². The van der Waals surface area contributed by atoms with Crippen LogP contribution in [-0.4, -0.2) is 35.4 Å². The fourth-order valence-corrected chi connectivity index (χ4v) is 4.09. The largest absolute Gasteiger partial charge is 0.381 e. The zero-order valence-electron chi connectivity index (χ0n) is 16.6. The van der Waals surface area contributed by atoms with Gasteiger partial charge in [-0.2, -0.15) is 5.10 Å². The monoisotopic (exact) mass is 407 g/mol. The van der Waals surface area contributed by atoms with Crippen LogP contribution in [0.1, 0.15) is 49.2 Å². The number of rotatable bonds is 6. The maximum atomic E-state index is 14.5. The predicted octanol–water partition coefficient (Wildman–Crippen LogP) is 4.11. The average Bonchev–Trinajstić information content (AvgIpc) is 2.95. The average molecular weight is 408 g/mol. The molecule has 1 unspecified atom stereocenters.